The average Bonchev–Trinajstić information content (AvgIpc) is 3.48. The van der Waals surface area contributed by atoms with Crippen molar-refractivity contribution in [2.45, 2.75) is 51.0 Å². The minimum Gasteiger partial charge on any atom is -0.493 e. The number of pyridine rings is 1. The molecule has 0 unspecified atom stereocenters. The summed E-state index contributed by atoms with van der Waals surface area (Å²) >= 11 is 19.5. The average molecular weight is 646 g/mol. The van der Waals surface area contributed by atoms with E-state index in [-0.39, 0.29) is 29.2 Å². The van der Waals surface area contributed by atoms with Crippen molar-refractivity contribution in [3.8, 4) is 22.6 Å². The molecule has 0 atom stereocenters. The van der Waals surface area contributed by atoms with Crippen LogP contribution >= 0.6 is 34.8 Å². The number of esters is 1. The number of carbonyl (C=O) groups is 1. The summed E-state index contributed by atoms with van der Waals surface area (Å²) in [6.07, 6.45) is 6.80. The summed E-state index contributed by atoms with van der Waals surface area (Å²) in [5.41, 5.74) is 1.81. The predicted molar refractivity (Wildman–Crippen MR) is 171 cm³/mol. The molecule has 0 saturated heterocycles. The first kappa shape index (κ1) is 31.3. The number of nitrogens with zero attached hydrogens (tertiary/aromatic N) is 1. The summed E-state index contributed by atoms with van der Waals surface area (Å²) in [5, 5.41) is 4.70. The van der Waals surface area contributed by atoms with Crippen LogP contribution in [0.25, 0.3) is 27.7 Å². The molecule has 4 aromatic rings. The van der Waals surface area contributed by atoms with Gasteiger partial charge in [-0.05, 0) is 99.5 Å². The smallest absolute Gasteiger partial charge is 0.320 e. The molecular formula is C33H32Cl3FN2O4. The molecule has 0 aliphatic heterocycles. The molecule has 0 radical (unpaired) electrons. The fraction of sp³-hybridized carbons (Fsp3) is 0.333. The molecule has 43 heavy (non-hydrogen) atoms. The van der Waals surface area contributed by atoms with Crippen molar-refractivity contribution in [3.63, 3.8) is 0 Å². The van der Waals surface area contributed by atoms with E-state index < -0.39 is 5.82 Å². The third-order valence-corrected chi connectivity index (χ3v) is 8.43. The number of carbonyl (C=O) groups excluding carboxylic acids is 1. The Morgan fingerprint density at radius 1 is 0.907 bits per heavy atom. The van der Waals surface area contributed by atoms with Crippen LogP contribution in [0.1, 0.15) is 44.9 Å². The Labute approximate surface area is 264 Å². The molecular weight excluding hydrogens is 614 g/mol. The Morgan fingerprint density at radius 3 is 2.42 bits per heavy atom. The molecule has 226 valence electrons. The van der Waals surface area contributed by atoms with Gasteiger partial charge in [0.05, 0.1) is 39.4 Å². The highest BCUT2D eigenvalue weighted by molar-refractivity contribution is 6.38. The summed E-state index contributed by atoms with van der Waals surface area (Å²) in [7, 11) is 0. The van der Waals surface area contributed by atoms with Gasteiger partial charge in [-0.1, -0.05) is 40.9 Å². The number of rotatable bonds is 12. The maximum Gasteiger partial charge on any atom is 0.320 e. The standard InChI is InChI=1S/C33H32Cl3FN2O4/c34-27-9-6-10-28(35)33(27)39-30-19-23(42-16-5-1-4-15-38-20-32(41)43-22-7-2-3-8-22)18-26(25(30)13-14-31(39)40)24-12-11-21(37)17-29(24)36/h6,9-14,17-19,22,38H,1-5,7-8,15-16,20H2. The third-order valence-electron chi connectivity index (χ3n) is 7.50. The first-order valence-corrected chi connectivity index (χ1v) is 15.6. The minimum absolute atomic E-state index is 0.0810. The topological polar surface area (TPSA) is 69.6 Å². The van der Waals surface area contributed by atoms with Gasteiger partial charge in [-0.3, -0.25) is 14.2 Å². The molecule has 1 aromatic heterocycles. The predicted octanol–water partition coefficient (Wildman–Crippen LogP) is 8.38. The molecule has 0 amide bonds. The van der Waals surface area contributed by atoms with E-state index in [4.69, 9.17) is 44.3 Å². The van der Waals surface area contributed by atoms with Crippen molar-refractivity contribution in [1.29, 1.82) is 0 Å². The number of benzene rings is 3. The van der Waals surface area contributed by atoms with E-state index >= 15 is 0 Å². The highest BCUT2D eigenvalue weighted by atomic mass is 35.5. The summed E-state index contributed by atoms with van der Waals surface area (Å²) < 4.78 is 27.0. The number of hydrogen-bond donors (Lipinski definition) is 1. The van der Waals surface area contributed by atoms with E-state index in [0.29, 0.717) is 56.7 Å². The molecule has 1 aliphatic rings. The molecule has 6 nitrogen and oxygen atoms in total. The van der Waals surface area contributed by atoms with E-state index in [0.717, 1.165) is 44.9 Å². The first-order chi connectivity index (χ1) is 20.8. The van der Waals surface area contributed by atoms with Crippen molar-refractivity contribution in [2.24, 2.45) is 0 Å². The van der Waals surface area contributed by atoms with Gasteiger partial charge < -0.3 is 14.8 Å². The van der Waals surface area contributed by atoms with Crippen LogP contribution in [-0.4, -0.2) is 36.3 Å². The number of fused-ring (bicyclic) bond motifs is 1. The Kier molecular flexibility index (Phi) is 10.6. The van der Waals surface area contributed by atoms with Crippen molar-refractivity contribution in [2.75, 3.05) is 19.7 Å². The summed E-state index contributed by atoms with van der Waals surface area (Å²) in [6, 6.07) is 16.0. The van der Waals surface area contributed by atoms with Crippen molar-refractivity contribution in [1.82, 2.24) is 9.88 Å². The largest absolute Gasteiger partial charge is 0.493 e. The Hall–Kier alpha value is -3.10. The monoisotopic (exact) mass is 644 g/mol. The van der Waals surface area contributed by atoms with E-state index in [1.54, 1.807) is 36.4 Å². The van der Waals surface area contributed by atoms with Crippen LogP contribution < -0.4 is 15.6 Å². The number of aromatic nitrogens is 1. The van der Waals surface area contributed by atoms with Crippen molar-refractivity contribution < 1.29 is 18.7 Å². The lowest BCUT2D eigenvalue weighted by Gasteiger charge is -2.18. The van der Waals surface area contributed by atoms with Crippen LogP contribution in [0.15, 0.2) is 65.5 Å². The quantitative estimate of drug-likeness (QED) is 0.124. The maximum absolute atomic E-state index is 13.9. The maximum atomic E-state index is 13.9. The van der Waals surface area contributed by atoms with Gasteiger partial charge in [0.15, 0.2) is 0 Å². The van der Waals surface area contributed by atoms with Crippen molar-refractivity contribution >= 4 is 51.7 Å². The van der Waals surface area contributed by atoms with Gasteiger partial charge in [-0.15, -0.1) is 0 Å². The van der Waals surface area contributed by atoms with Gasteiger partial charge in [0, 0.05) is 23.1 Å². The molecule has 1 fully saturated rings. The zero-order valence-electron chi connectivity index (χ0n) is 23.5. The fourth-order valence-corrected chi connectivity index (χ4v) is 6.25. The molecule has 3 aromatic carbocycles. The lowest BCUT2D eigenvalue weighted by Crippen LogP contribution is -2.28. The second-order valence-corrected chi connectivity index (χ2v) is 11.8. The normalized spacial score (nSPS) is 13.5. The molecule has 1 saturated carbocycles. The summed E-state index contributed by atoms with van der Waals surface area (Å²) in [5.74, 6) is -0.135. The van der Waals surface area contributed by atoms with E-state index in [9.17, 15) is 14.0 Å². The van der Waals surface area contributed by atoms with Gasteiger partial charge in [0.2, 0.25) is 0 Å². The Balaban J connectivity index is 1.32. The second kappa shape index (κ2) is 14.6. The lowest BCUT2D eigenvalue weighted by molar-refractivity contribution is -0.147. The van der Waals surface area contributed by atoms with Gasteiger partial charge in [0.1, 0.15) is 17.7 Å². The second-order valence-electron chi connectivity index (χ2n) is 10.6. The molecule has 1 heterocycles. The molecule has 1 N–H and O–H groups in total. The van der Waals surface area contributed by atoms with Crippen LogP contribution in [0.3, 0.4) is 0 Å². The van der Waals surface area contributed by atoms with Crippen LogP contribution in [0.5, 0.6) is 5.75 Å². The van der Waals surface area contributed by atoms with Gasteiger partial charge in [0.25, 0.3) is 5.56 Å². The Morgan fingerprint density at radius 2 is 1.67 bits per heavy atom. The molecule has 1 aliphatic carbocycles. The fourth-order valence-electron chi connectivity index (χ4n) is 5.41. The number of unbranched alkanes of at least 4 members (excludes halogenated alkanes) is 2. The first-order valence-electron chi connectivity index (χ1n) is 14.4. The van der Waals surface area contributed by atoms with Crippen LogP contribution in [-0.2, 0) is 9.53 Å². The number of halogens is 4. The number of hydrogen-bond acceptors (Lipinski definition) is 5. The highest BCUT2D eigenvalue weighted by Gasteiger charge is 2.19. The molecule has 10 heteroatoms. The third kappa shape index (κ3) is 7.71. The zero-order valence-corrected chi connectivity index (χ0v) is 25.8. The summed E-state index contributed by atoms with van der Waals surface area (Å²) in [6.45, 7) is 1.35. The van der Waals surface area contributed by atoms with Crippen molar-refractivity contribution in [3.05, 3.63) is 91.9 Å². The van der Waals surface area contributed by atoms with Crippen LogP contribution in [0.4, 0.5) is 4.39 Å². The highest BCUT2D eigenvalue weighted by Crippen LogP contribution is 2.38. The Bertz CT molecular complexity index is 1650. The van der Waals surface area contributed by atoms with Crippen LogP contribution in [0.2, 0.25) is 15.1 Å². The van der Waals surface area contributed by atoms with Gasteiger partial charge in [-0.25, -0.2) is 4.39 Å². The van der Waals surface area contributed by atoms with E-state index in [1.165, 1.54) is 22.8 Å². The molecule has 0 spiro atoms. The SMILES string of the molecule is O=C(CNCCCCCOc1cc(-c2ccc(F)cc2Cl)c2ccc(=O)n(-c3c(Cl)cccc3Cl)c2c1)OC1CCCC1. The molecule has 5 rings (SSSR count). The van der Waals surface area contributed by atoms with E-state index in [2.05, 4.69) is 5.32 Å². The number of nitrogens with one attached hydrogen (secondary N) is 1. The van der Waals surface area contributed by atoms with E-state index in [1.807, 2.05) is 6.07 Å². The van der Waals surface area contributed by atoms with Gasteiger partial charge in [-0.2, -0.15) is 0 Å². The molecule has 0 bridgehead atoms. The summed E-state index contributed by atoms with van der Waals surface area (Å²) in [4.78, 5) is 25.2. The minimum atomic E-state index is -0.453. The zero-order chi connectivity index (χ0) is 30.3. The van der Waals surface area contributed by atoms with Crippen LogP contribution in [0, 0.1) is 5.82 Å². The number of para-hydroxylation sites is 1. The lowest BCUT2D eigenvalue weighted by atomic mass is 9.99. The van der Waals surface area contributed by atoms with Gasteiger partial charge >= 0.3 is 5.97 Å². The number of ether oxygens (including phenoxy) is 2.